The van der Waals surface area contributed by atoms with Crippen LogP contribution in [-0.2, 0) is 0 Å². The molecule has 1 aromatic rings. The van der Waals surface area contributed by atoms with Crippen LogP contribution in [0.3, 0.4) is 0 Å². The molecule has 1 aromatic carbocycles. The fraction of sp³-hybridized carbons (Fsp3) is 0.600. The molecule has 4 heteroatoms. The van der Waals surface area contributed by atoms with E-state index >= 15 is 0 Å². The van der Waals surface area contributed by atoms with E-state index in [9.17, 15) is 0 Å². The Hall–Kier alpha value is -0.580. The number of methoxy groups -OCH3 is 1. The third-order valence-electron chi connectivity index (χ3n) is 3.87. The lowest BCUT2D eigenvalue weighted by molar-refractivity contribution is 0.209. The van der Waals surface area contributed by atoms with Crippen molar-refractivity contribution in [2.24, 2.45) is 5.73 Å². The first-order chi connectivity index (χ1) is 9.26. The molecular weight excluding hydrogens is 304 g/mol. The molecule has 1 heterocycles. The van der Waals surface area contributed by atoms with E-state index in [4.69, 9.17) is 10.5 Å². The third kappa shape index (κ3) is 3.71. The zero-order chi connectivity index (χ0) is 13.7. The van der Waals surface area contributed by atoms with Gasteiger partial charge in [0.25, 0.3) is 0 Å². The number of rotatable bonds is 4. The van der Waals surface area contributed by atoms with E-state index < -0.39 is 0 Å². The van der Waals surface area contributed by atoms with Gasteiger partial charge in [-0.05, 0) is 49.7 Å². The second-order valence-electron chi connectivity index (χ2n) is 5.09. The van der Waals surface area contributed by atoms with Crippen LogP contribution in [0.1, 0.15) is 37.3 Å². The molecule has 0 aliphatic carbocycles. The highest BCUT2D eigenvalue weighted by Gasteiger charge is 2.22. The maximum absolute atomic E-state index is 6.04. The van der Waals surface area contributed by atoms with E-state index in [1.807, 2.05) is 6.07 Å². The van der Waals surface area contributed by atoms with Gasteiger partial charge < -0.3 is 10.5 Å². The Morgan fingerprint density at radius 1 is 1.26 bits per heavy atom. The molecule has 1 fully saturated rings. The molecule has 0 saturated carbocycles. The molecular formula is C15H23BrN2O. The van der Waals surface area contributed by atoms with Gasteiger partial charge >= 0.3 is 0 Å². The topological polar surface area (TPSA) is 38.5 Å². The van der Waals surface area contributed by atoms with E-state index in [0.29, 0.717) is 6.54 Å². The number of hydrogen-bond donors (Lipinski definition) is 1. The summed E-state index contributed by atoms with van der Waals surface area (Å²) in [6.45, 7) is 2.93. The second-order valence-corrected chi connectivity index (χ2v) is 5.94. The molecule has 1 unspecified atom stereocenters. The normalized spacial score (nSPS) is 18.9. The van der Waals surface area contributed by atoms with Crippen molar-refractivity contribution in [3.05, 3.63) is 28.2 Å². The number of nitrogens with zero attached hydrogens (tertiary/aromatic N) is 1. The first-order valence-electron chi connectivity index (χ1n) is 7.04. The lowest BCUT2D eigenvalue weighted by Gasteiger charge is -2.30. The summed E-state index contributed by atoms with van der Waals surface area (Å²) in [5.74, 6) is 0.895. The summed E-state index contributed by atoms with van der Waals surface area (Å²) in [5.41, 5.74) is 7.28. The quantitative estimate of drug-likeness (QED) is 0.922. The van der Waals surface area contributed by atoms with Crippen molar-refractivity contribution in [1.29, 1.82) is 0 Å². The Morgan fingerprint density at radius 3 is 2.53 bits per heavy atom. The van der Waals surface area contributed by atoms with Gasteiger partial charge in [-0.25, -0.2) is 0 Å². The minimum atomic E-state index is 0.280. The maximum Gasteiger partial charge on any atom is 0.119 e. The van der Waals surface area contributed by atoms with Crippen LogP contribution >= 0.6 is 15.9 Å². The van der Waals surface area contributed by atoms with E-state index in [1.54, 1.807) is 7.11 Å². The van der Waals surface area contributed by atoms with Crippen LogP contribution in [0.2, 0.25) is 0 Å². The average molecular weight is 327 g/mol. The lowest BCUT2D eigenvalue weighted by Crippen LogP contribution is -2.34. The average Bonchev–Trinajstić information content (AvgIpc) is 2.71. The standard InChI is InChI=1S/C15H23BrN2O/c1-19-12-6-7-14(16)13(10-12)15(11-17)18-8-4-2-3-5-9-18/h6-7,10,15H,2-5,8-9,11,17H2,1H3. The summed E-state index contributed by atoms with van der Waals surface area (Å²) in [5, 5.41) is 0. The fourth-order valence-corrected chi connectivity index (χ4v) is 3.29. The summed E-state index contributed by atoms with van der Waals surface area (Å²) >= 11 is 3.65. The van der Waals surface area contributed by atoms with Crippen molar-refractivity contribution in [1.82, 2.24) is 4.90 Å². The van der Waals surface area contributed by atoms with E-state index in [1.165, 1.54) is 31.2 Å². The SMILES string of the molecule is COc1ccc(Br)c(C(CN)N2CCCCCC2)c1. The van der Waals surface area contributed by atoms with Crippen molar-refractivity contribution < 1.29 is 4.74 Å². The number of ether oxygens (including phenoxy) is 1. The van der Waals surface area contributed by atoms with E-state index in [0.717, 1.165) is 23.3 Å². The van der Waals surface area contributed by atoms with Crippen LogP contribution in [0.25, 0.3) is 0 Å². The second kappa shape index (κ2) is 7.27. The predicted molar refractivity (Wildman–Crippen MR) is 82.5 cm³/mol. The Kier molecular flexibility index (Phi) is 5.67. The summed E-state index contributed by atoms with van der Waals surface area (Å²) in [4.78, 5) is 2.52. The van der Waals surface area contributed by atoms with Gasteiger partial charge in [0, 0.05) is 17.1 Å². The molecule has 19 heavy (non-hydrogen) atoms. The first kappa shape index (κ1) is 14.8. The fourth-order valence-electron chi connectivity index (χ4n) is 2.78. The number of halogens is 1. The molecule has 0 bridgehead atoms. The molecule has 0 aromatic heterocycles. The monoisotopic (exact) mass is 326 g/mol. The Balaban J connectivity index is 2.24. The highest BCUT2D eigenvalue weighted by Crippen LogP contribution is 2.31. The van der Waals surface area contributed by atoms with Crippen LogP contribution in [0, 0.1) is 0 Å². The lowest BCUT2D eigenvalue weighted by atomic mass is 10.0. The smallest absolute Gasteiger partial charge is 0.119 e. The minimum absolute atomic E-state index is 0.280. The summed E-state index contributed by atoms with van der Waals surface area (Å²) < 4.78 is 6.45. The minimum Gasteiger partial charge on any atom is -0.497 e. The predicted octanol–water partition coefficient (Wildman–Crippen LogP) is 3.33. The number of benzene rings is 1. The zero-order valence-electron chi connectivity index (χ0n) is 11.6. The Morgan fingerprint density at radius 2 is 1.95 bits per heavy atom. The number of nitrogens with two attached hydrogens (primary N) is 1. The van der Waals surface area contributed by atoms with Crippen molar-refractivity contribution in [2.45, 2.75) is 31.7 Å². The van der Waals surface area contributed by atoms with Crippen molar-refractivity contribution in [3.63, 3.8) is 0 Å². The molecule has 106 valence electrons. The molecule has 2 rings (SSSR count). The van der Waals surface area contributed by atoms with Crippen LogP contribution in [0.4, 0.5) is 0 Å². The maximum atomic E-state index is 6.04. The largest absolute Gasteiger partial charge is 0.497 e. The highest BCUT2D eigenvalue weighted by molar-refractivity contribution is 9.10. The van der Waals surface area contributed by atoms with Crippen molar-refractivity contribution >= 4 is 15.9 Å². The van der Waals surface area contributed by atoms with Gasteiger partial charge in [-0.1, -0.05) is 28.8 Å². The van der Waals surface area contributed by atoms with Gasteiger partial charge in [-0.15, -0.1) is 0 Å². The van der Waals surface area contributed by atoms with Crippen molar-refractivity contribution in [2.75, 3.05) is 26.7 Å². The molecule has 1 aliphatic rings. The van der Waals surface area contributed by atoms with Crippen LogP contribution in [-0.4, -0.2) is 31.6 Å². The molecule has 0 spiro atoms. The number of hydrogen-bond acceptors (Lipinski definition) is 3. The molecule has 2 N–H and O–H groups in total. The highest BCUT2D eigenvalue weighted by atomic mass is 79.9. The van der Waals surface area contributed by atoms with Gasteiger partial charge in [0.1, 0.15) is 5.75 Å². The molecule has 0 amide bonds. The zero-order valence-corrected chi connectivity index (χ0v) is 13.2. The van der Waals surface area contributed by atoms with Crippen molar-refractivity contribution in [3.8, 4) is 5.75 Å². The van der Waals surface area contributed by atoms with Crippen LogP contribution in [0.15, 0.2) is 22.7 Å². The summed E-state index contributed by atoms with van der Waals surface area (Å²) in [6, 6.07) is 6.41. The van der Waals surface area contributed by atoms with Gasteiger partial charge in [-0.3, -0.25) is 4.90 Å². The van der Waals surface area contributed by atoms with Gasteiger partial charge in [0.05, 0.1) is 7.11 Å². The van der Waals surface area contributed by atoms with Gasteiger partial charge in [0.15, 0.2) is 0 Å². The Labute approximate surface area is 124 Å². The van der Waals surface area contributed by atoms with Gasteiger partial charge in [0.2, 0.25) is 0 Å². The van der Waals surface area contributed by atoms with E-state index in [2.05, 4.69) is 33.0 Å². The van der Waals surface area contributed by atoms with Gasteiger partial charge in [-0.2, -0.15) is 0 Å². The molecule has 1 saturated heterocycles. The van der Waals surface area contributed by atoms with E-state index in [-0.39, 0.29) is 6.04 Å². The molecule has 1 aliphatic heterocycles. The Bertz CT molecular complexity index is 403. The molecule has 0 radical (unpaired) electrons. The summed E-state index contributed by atoms with van der Waals surface area (Å²) in [7, 11) is 1.70. The molecule has 1 atom stereocenters. The summed E-state index contributed by atoms with van der Waals surface area (Å²) in [6.07, 6.45) is 5.23. The molecule has 3 nitrogen and oxygen atoms in total. The van der Waals surface area contributed by atoms with Crippen LogP contribution in [0.5, 0.6) is 5.75 Å². The van der Waals surface area contributed by atoms with Crippen LogP contribution < -0.4 is 10.5 Å². The third-order valence-corrected chi connectivity index (χ3v) is 4.59. The first-order valence-corrected chi connectivity index (χ1v) is 7.83. The number of likely N-dealkylation sites (tertiary alicyclic amines) is 1.